The fourth-order valence-corrected chi connectivity index (χ4v) is 3.53. The van der Waals surface area contributed by atoms with Gasteiger partial charge >= 0.3 is 0 Å². The summed E-state index contributed by atoms with van der Waals surface area (Å²) in [7, 11) is 0. The third-order valence-corrected chi connectivity index (χ3v) is 4.88. The summed E-state index contributed by atoms with van der Waals surface area (Å²) in [5.41, 5.74) is 3.92. The van der Waals surface area contributed by atoms with Crippen molar-refractivity contribution >= 4 is 22.6 Å². The van der Waals surface area contributed by atoms with Gasteiger partial charge in [0, 0.05) is 5.39 Å². The van der Waals surface area contributed by atoms with Crippen molar-refractivity contribution in [1.82, 2.24) is 5.32 Å². The van der Waals surface area contributed by atoms with E-state index in [1.807, 2.05) is 42.5 Å². The second-order valence-corrected chi connectivity index (χ2v) is 6.81. The summed E-state index contributed by atoms with van der Waals surface area (Å²) in [4.78, 5) is 17.5. The lowest BCUT2D eigenvalue weighted by Gasteiger charge is -2.26. The number of fused-ring (bicyclic) bond motifs is 2. The van der Waals surface area contributed by atoms with E-state index in [1.165, 1.54) is 11.1 Å². The van der Waals surface area contributed by atoms with Crippen molar-refractivity contribution in [2.45, 2.75) is 32.2 Å². The smallest absolute Gasteiger partial charge is 0.261 e. The van der Waals surface area contributed by atoms with Crippen LogP contribution in [0.1, 0.15) is 42.7 Å². The number of furan rings is 1. The Balaban J connectivity index is 1.35. The van der Waals surface area contributed by atoms with Crippen LogP contribution in [0.25, 0.3) is 11.0 Å². The molecule has 0 fully saturated rings. The van der Waals surface area contributed by atoms with Crippen LogP contribution in [-0.2, 0) is 16.1 Å². The molecule has 3 aromatic rings. The Bertz CT molecular complexity index is 957. The van der Waals surface area contributed by atoms with Crippen molar-refractivity contribution in [2.75, 3.05) is 6.61 Å². The predicted octanol–water partition coefficient (Wildman–Crippen LogP) is 4.37. The van der Waals surface area contributed by atoms with Gasteiger partial charge in [0.15, 0.2) is 12.4 Å². The van der Waals surface area contributed by atoms with Crippen LogP contribution in [0.15, 0.2) is 64.2 Å². The average Bonchev–Trinajstić information content (AvgIpc) is 3.13. The maximum Gasteiger partial charge on any atom is 0.261 e. The maximum absolute atomic E-state index is 12.3. The van der Waals surface area contributed by atoms with E-state index < -0.39 is 0 Å². The van der Waals surface area contributed by atoms with Gasteiger partial charge in [0.05, 0.1) is 6.04 Å². The normalized spacial score (nSPS) is 16.8. The van der Waals surface area contributed by atoms with E-state index in [1.54, 1.807) is 6.92 Å². The Kier molecular flexibility index (Phi) is 4.92. The number of para-hydroxylation sites is 1. The molecule has 5 nitrogen and oxygen atoms in total. The molecule has 1 aromatic heterocycles. The highest BCUT2D eigenvalue weighted by molar-refractivity contribution is 5.99. The molecule has 0 radical (unpaired) electrons. The molecule has 1 heterocycles. The van der Waals surface area contributed by atoms with Crippen LogP contribution in [-0.4, -0.2) is 18.2 Å². The van der Waals surface area contributed by atoms with Crippen molar-refractivity contribution in [3.05, 3.63) is 71.5 Å². The summed E-state index contributed by atoms with van der Waals surface area (Å²) in [6, 6.07) is 18.0. The van der Waals surface area contributed by atoms with E-state index in [-0.39, 0.29) is 18.6 Å². The number of rotatable bonds is 5. The van der Waals surface area contributed by atoms with E-state index in [4.69, 9.17) is 9.25 Å². The number of nitrogens with zero attached hydrogens (tertiary/aromatic N) is 1. The zero-order valence-corrected chi connectivity index (χ0v) is 15.3. The topological polar surface area (TPSA) is 63.8 Å². The molecule has 1 amide bonds. The number of aryl methyl sites for hydroxylation is 1. The highest BCUT2D eigenvalue weighted by atomic mass is 16.6. The quantitative estimate of drug-likeness (QED) is 0.541. The van der Waals surface area contributed by atoms with Crippen molar-refractivity contribution in [1.29, 1.82) is 0 Å². The Hall–Kier alpha value is -3.08. The number of hydrogen-bond acceptors (Lipinski definition) is 4. The second kappa shape index (κ2) is 7.66. The van der Waals surface area contributed by atoms with E-state index in [0.29, 0.717) is 11.5 Å². The molecule has 0 unspecified atom stereocenters. The van der Waals surface area contributed by atoms with Crippen molar-refractivity contribution in [3.63, 3.8) is 0 Å². The van der Waals surface area contributed by atoms with E-state index in [2.05, 4.69) is 22.6 Å². The molecule has 1 N–H and O–H groups in total. The van der Waals surface area contributed by atoms with Crippen LogP contribution >= 0.6 is 0 Å². The van der Waals surface area contributed by atoms with Gasteiger partial charge in [-0.3, -0.25) is 4.79 Å². The van der Waals surface area contributed by atoms with Gasteiger partial charge in [0.1, 0.15) is 11.3 Å². The minimum Gasteiger partial charge on any atom is -0.455 e. The number of amides is 1. The third-order valence-electron chi connectivity index (χ3n) is 4.88. The molecule has 138 valence electrons. The van der Waals surface area contributed by atoms with Crippen molar-refractivity contribution in [2.24, 2.45) is 5.16 Å². The molecule has 5 heteroatoms. The predicted molar refractivity (Wildman–Crippen MR) is 105 cm³/mol. The fraction of sp³-hybridized carbons (Fsp3) is 0.273. The van der Waals surface area contributed by atoms with Crippen LogP contribution in [0.4, 0.5) is 0 Å². The van der Waals surface area contributed by atoms with E-state index >= 15 is 0 Å². The zero-order valence-electron chi connectivity index (χ0n) is 15.3. The van der Waals surface area contributed by atoms with Gasteiger partial charge in [-0.25, -0.2) is 0 Å². The maximum atomic E-state index is 12.3. The lowest BCUT2D eigenvalue weighted by atomic mass is 9.88. The van der Waals surface area contributed by atoms with Gasteiger partial charge in [-0.15, -0.1) is 0 Å². The molecule has 1 aliphatic carbocycles. The van der Waals surface area contributed by atoms with Crippen LogP contribution in [0.2, 0.25) is 0 Å². The first-order valence-corrected chi connectivity index (χ1v) is 9.23. The molecule has 0 saturated carbocycles. The van der Waals surface area contributed by atoms with Crippen LogP contribution < -0.4 is 5.32 Å². The molecule has 27 heavy (non-hydrogen) atoms. The molecule has 0 aliphatic heterocycles. The molecular formula is C22H22N2O3. The lowest BCUT2D eigenvalue weighted by Crippen LogP contribution is -2.33. The largest absolute Gasteiger partial charge is 0.455 e. The average molecular weight is 362 g/mol. The number of hydrogen-bond donors (Lipinski definition) is 1. The lowest BCUT2D eigenvalue weighted by molar-refractivity contribution is -0.126. The standard InChI is InChI=1S/C22H22N2O3/c1-15(21-13-17-8-3-5-12-20(17)27-21)24-26-14-22(25)23-19-11-6-9-16-7-2-4-10-18(16)19/h2-5,7-8,10,12-13,19H,6,9,11,14H2,1H3,(H,23,25)/b24-15-/t19-/m0/s1. The Morgan fingerprint density at radius 2 is 2.04 bits per heavy atom. The molecule has 2 aromatic carbocycles. The minimum absolute atomic E-state index is 0.0477. The highest BCUT2D eigenvalue weighted by Crippen LogP contribution is 2.29. The van der Waals surface area contributed by atoms with Gasteiger partial charge in [-0.05, 0) is 49.4 Å². The number of benzene rings is 2. The van der Waals surface area contributed by atoms with Crippen LogP contribution in [0, 0.1) is 0 Å². The van der Waals surface area contributed by atoms with Gasteiger partial charge in [-0.2, -0.15) is 0 Å². The molecule has 0 spiro atoms. The number of nitrogens with one attached hydrogen (secondary N) is 1. The Labute approximate surface area is 158 Å². The second-order valence-electron chi connectivity index (χ2n) is 6.81. The zero-order chi connectivity index (χ0) is 18.6. The van der Waals surface area contributed by atoms with Gasteiger partial charge in [-0.1, -0.05) is 47.6 Å². The molecule has 1 atom stereocenters. The summed E-state index contributed by atoms with van der Waals surface area (Å²) in [5.74, 6) is 0.468. The summed E-state index contributed by atoms with van der Waals surface area (Å²) in [5, 5.41) is 8.09. The SMILES string of the molecule is C/C(=N/OCC(=O)N[C@H]1CCCc2ccccc21)c1cc2ccccc2o1. The monoisotopic (exact) mass is 362 g/mol. The third kappa shape index (κ3) is 3.87. The van der Waals surface area contributed by atoms with Gasteiger partial charge in [0.25, 0.3) is 5.91 Å². The molecular weight excluding hydrogens is 340 g/mol. The molecule has 4 rings (SSSR count). The number of carbonyl (C=O) groups excluding carboxylic acids is 1. The van der Waals surface area contributed by atoms with Gasteiger partial charge < -0.3 is 14.6 Å². The van der Waals surface area contributed by atoms with Crippen LogP contribution in [0.3, 0.4) is 0 Å². The minimum atomic E-state index is -0.169. The first-order valence-electron chi connectivity index (χ1n) is 9.23. The first kappa shape index (κ1) is 17.3. The Morgan fingerprint density at radius 1 is 1.22 bits per heavy atom. The summed E-state index contributed by atoms with van der Waals surface area (Å²) < 4.78 is 5.74. The van der Waals surface area contributed by atoms with E-state index in [0.717, 1.165) is 30.2 Å². The summed E-state index contributed by atoms with van der Waals surface area (Å²) in [6.45, 7) is 1.68. The molecule has 1 aliphatic rings. The van der Waals surface area contributed by atoms with Crippen molar-refractivity contribution in [3.8, 4) is 0 Å². The fourth-order valence-electron chi connectivity index (χ4n) is 3.53. The highest BCUT2D eigenvalue weighted by Gasteiger charge is 2.21. The van der Waals surface area contributed by atoms with Crippen molar-refractivity contribution < 1.29 is 14.0 Å². The summed E-state index contributed by atoms with van der Waals surface area (Å²) in [6.07, 6.45) is 3.09. The van der Waals surface area contributed by atoms with Crippen LogP contribution in [0.5, 0.6) is 0 Å². The summed E-state index contributed by atoms with van der Waals surface area (Å²) >= 11 is 0. The van der Waals surface area contributed by atoms with E-state index in [9.17, 15) is 4.79 Å². The molecule has 0 saturated heterocycles. The Morgan fingerprint density at radius 3 is 2.93 bits per heavy atom. The van der Waals surface area contributed by atoms with Gasteiger partial charge in [0.2, 0.25) is 0 Å². The number of carbonyl (C=O) groups is 1. The molecule has 0 bridgehead atoms. The number of oxime groups is 1. The first-order chi connectivity index (χ1) is 13.2.